The second kappa shape index (κ2) is 3.35. The van der Waals surface area contributed by atoms with Gasteiger partial charge in [0.1, 0.15) is 0 Å². The number of benzene rings is 1. The first-order valence-corrected chi connectivity index (χ1v) is 4.41. The molecule has 0 fully saturated rings. The molecule has 1 heterocycles. The summed E-state index contributed by atoms with van der Waals surface area (Å²) in [4.78, 5) is 0. The second-order valence-electron chi connectivity index (χ2n) is 3.36. The van der Waals surface area contributed by atoms with E-state index in [-0.39, 0.29) is 6.79 Å². The van der Waals surface area contributed by atoms with Crippen LogP contribution in [0.2, 0.25) is 0 Å². The second-order valence-corrected chi connectivity index (χ2v) is 3.36. The number of hydrogen-bond donors (Lipinski definition) is 1. The highest BCUT2D eigenvalue weighted by molar-refractivity contribution is 5.45. The molecule has 1 N–H and O–H groups in total. The van der Waals surface area contributed by atoms with E-state index < -0.39 is 6.10 Å². The molecule has 2 rings (SSSR count). The van der Waals surface area contributed by atoms with Crippen LogP contribution in [0.4, 0.5) is 0 Å². The van der Waals surface area contributed by atoms with Gasteiger partial charge in [-0.25, -0.2) is 0 Å². The van der Waals surface area contributed by atoms with Gasteiger partial charge in [-0.05, 0) is 30.2 Å². The standard InChI is InChI=1S/C11H12O3/c1-7(2)11(12)8-3-4-9-10(5-8)14-6-13-9/h3-5,11-12H,1,6H2,2H3. The summed E-state index contributed by atoms with van der Waals surface area (Å²) in [6, 6.07) is 5.39. The Kier molecular flexibility index (Phi) is 2.17. The average molecular weight is 192 g/mol. The van der Waals surface area contributed by atoms with Crippen LogP contribution in [0.5, 0.6) is 11.5 Å². The highest BCUT2D eigenvalue weighted by Crippen LogP contribution is 2.35. The maximum absolute atomic E-state index is 9.73. The Morgan fingerprint density at radius 3 is 2.86 bits per heavy atom. The summed E-state index contributed by atoms with van der Waals surface area (Å²) in [5.74, 6) is 1.41. The number of aliphatic hydroxyl groups is 1. The van der Waals surface area contributed by atoms with Gasteiger partial charge in [0.05, 0.1) is 6.10 Å². The van der Waals surface area contributed by atoms with E-state index in [0.29, 0.717) is 11.3 Å². The van der Waals surface area contributed by atoms with E-state index in [9.17, 15) is 5.11 Å². The smallest absolute Gasteiger partial charge is 0.231 e. The zero-order valence-corrected chi connectivity index (χ0v) is 7.99. The van der Waals surface area contributed by atoms with Crippen LogP contribution in [-0.2, 0) is 0 Å². The van der Waals surface area contributed by atoms with Crippen molar-refractivity contribution in [2.45, 2.75) is 13.0 Å². The highest BCUT2D eigenvalue weighted by atomic mass is 16.7. The Labute approximate surface area is 82.6 Å². The fraction of sp³-hybridized carbons (Fsp3) is 0.273. The van der Waals surface area contributed by atoms with Crippen molar-refractivity contribution in [1.29, 1.82) is 0 Å². The molecule has 0 saturated heterocycles. The van der Waals surface area contributed by atoms with Crippen molar-refractivity contribution in [3.63, 3.8) is 0 Å². The molecule has 1 aromatic rings. The molecule has 0 radical (unpaired) electrons. The number of ether oxygens (including phenoxy) is 2. The summed E-state index contributed by atoms with van der Waals surface area (Å²) in [6.07, 6.45) is -0.635. The minimum atomic E-state index is -0.635. The van der Waals surface area contributed by atoms with Gasteiger partial charge >= 0.3 is 0 Å². The fourth-order valence-corrected chi connectivity index (χ4v) is 1.37. The predicted octanol–water partition coefficient (Wildman–Crippen LogP) is 2.02. The first kappa shape index (κ1) is 9.09. The van der Waals surface area contributed by atoms with Gasteiger partial charge in [-0.15, -0.1) is 0 Å². The third-order valence-corrected chi connectivity index (χ3v) is 2.18. The van der Waals surface area contributed by atoms with Crippen molar-refractivity contribution in [3.8, 4) is 11.5 Å². The zero-order valence-electron chi connectivity index (χ0n) is 7.99. The van der Waals surface area contributed by atoms with Gasteiger partial charge in [0.25, 0.3) is 0 Å². The molecule has 1 unspecified atom stereocenters. The van der Waals surface area contributed by atoms with Gasteiger partial charge in [0.15, 0.2) is 11.5 Å². The van der Waals surface area contributed by atoms with Crippen molar-refractivity contribution in [1.82, 2.24) is 0 Å². The maximum Gasteiger partial charge on any atom is 0.231 e. The van der Waals surface area contributed by atoms with E-state index in [1.807, 2.05) is 6.07 Å². The van der Waals surface area contributed by atoms with Crippen molar-refractivity contribution in [2.24, 2.45) is 0 Å². The molecule has 3 heteroatoms. The molecule has 1 aliphatic heterocycles. The summed E-state index contributed by atoms with van der Waals surface area (Å²) in [7, 11) is 0. The van der Waals surface area contributed by atoms with Gasteiger partial charge in [0, 0.05) is 0 Å². The number of hydrogen-bond acceptors (Lipinski definition) is 3. The molecule has 74 valence electrons. The Morgan fingerprint density at radius 2 is 2.14 bits per heavy atom. The molecule has 1 atom stereocenters. The molecule has 3 nitrogen and oxygen atoms in total. The summed E-state index contributed by atoms with van der Waals surface area (Å²) in [5, 5.41) is 9.73. The van der Waals surface area contributed by atoms with Gasteiger partial charge in [-0.2, -0.15) is 0 Å². The van der Waals surface area contributed by atoms with E-state index in [1.165, 1.54) is 0 Å². The largest absolute Gasteiger partial charge is 0.454 e. The van der Waals surface area contributed by atoms with Crippen LogP contribution in [0, 0.1) is 0 Å². The molecule has 1 aliphatic rings. The lowest BCUT2D eigenvalue weighted by molar-refractivity contribution is 0.173. The molecule has 0 bridgehead atoms. The molecule has 14 heavy (non-hydrogen) atoms. The van der Waals surface area contributed by atoms with E-state index in [4.69, 9.17) is 9.47 Å². The van der Waals surface area contributed by atoms with Gasteiger partial charge in [0.2, 0.25) is 6.79 Å². The van der Waals surface area contributed by atoms with Gasteiger partial charge in [-0.1, -0.05) is 12.6 Å². The van der Waals surface area contributed by atoms with E-state index in [0.717, 1.165) is 11.3 Å². The topological polar surface area (TPSA) is 38.7 Å². The average Bonchev–Trinajstić information content (AvgIpc) is 2.62. The third kappa shape index (κ3) is 1.46. The Morgan fingerprint density at radius 1 is 1.43 bits per heavy atom. The fourth-order valence-electron chi connectivity index (χ4n) is 1.37. The van der Waals surface area contributed by atoms with Gasteiger partial charge < -0.3 is 14.6 Å². The molecule has 0 aromatic heterocycles. The molecule has 0 spiro atoms. The van der Waals surface area contributed by atoms with Crippen LogP contribution >= 0.6 is 0 Å². The lowest BCUT2D eigenvalue weighted by Crippen LogP contribution is -1.97. The number of rotatable bonds is 2. The highest BCUT2D eigenvalue weighted by Gasteiger charge is 2.16. The molecule has 0 aliphatic carbocycles. The Bertz CT molecular complexity index is 371. The summed E-state index contributed by atoms with van der Waals surface area (Å²) in [6.45, 7) is 5.74. The van der Waals surface area contributed by atoms with Gasteiger partial charge in [-0.3, -0.25) is 0 Å². The summed E-state index contributed by atoms with van der Waals surface area (Å²) < 4.78 is 10.4. The van der Waals surface area contributed by atoms with E-state index in [1.54, 1.807) is 19.1 Å². The summed E-state index contributed by atoms with van der Waals surface area (Å²) in [5.41, 5.74) is 1.49. The number of fused-ring (bicyclic) bond motifs is 1. The first-order chi connectivity index (χ1) is 6.68. The lowest BCUT2D eigenvalue weighted by atomic mass is 10.0. The van der Waals surface area contributed by atoms with Crippen LogP contribution in [0.15, 0.2) is 30.4 Å². The summed E-state index contributed by atoms with van der Waals surface area (Å²) >= 11 is 0. The van der Waals surface area contributed by atoms with Crippen molar-refractivity contribution in [2.75, 3.05) is 6.79 Å². The minimum Gasteiger partial charge on any atom is -0.454 e. The quantitative estimate of drug-likeness (QED) is 0.728. The van der Waals surface area contributed by atoms with Crippen LogP contribution in [-0.4, -0.2) is 11.9 Å². The molecule has 0 amide bonds. The normalized spacial score (nSPS) is 15.3. The molecule has 1 aromatic carbocycles. The molecular formula is C11H12O3. The SMILES string of the molecule is C=C(C)C(O)c1ccc2c(c1)OCO2. The zero-order chi connectivity index (χ0) is 10.1. The Balaban J connectivity index is 2.33. The molecule has 0 saturated carbocycles. The Hall–Kier alpha value is -1.48. The number of aliphatic hydroxyl groups excluding tert-OH is 1. The van der Waals surface area contributed by atoms with E-state index >= 15 is 0 Å². The third-order valence-electron chi connectivity index (χ3n) is 2.18. The van der Waals surface area contributed by atoms with Crippen LogP contribution in [0.1, 0.15) is 18.6 Å². The van der Waals surface area contributed by atoms with Crippen molar-refractivity contribution >= 4 is 0 Å². The predicted molar refractivity (Wildman–Crippen MR) is 52.3 cm³/mol. The molecular weight excluding hydrogens is 180 g/mol. The lowest BCUT2D eigenvalue weighted by Gasteiger charge is -2.10. The van der Waals surface area contributed by atoms with Crippen molar-refractivity contribution in [3.05, 3.63) is 35.9 Å². The minimum absolute atomic E-state index is 0.252. The van der Waals surface area contributed by atoms with Crippen molar-refractivity contribution < 1.29 is 14.6 Å². The maximum atomic E-state index is 9.73. The monoisotopic (exact) mass is 192 g/mol. The van der Waals surface area contributed by atoms with Crippen LogP contribution in [0.3, 0.4) is 0 Å². The van der Waals surface area contributed by atoms with E-state index in [2.05, 4.69) is 6.58 Å². The van der Waals surface area contributed by atoms with Crippen LogP contribution < -0.4 is 9.47 Å². The van der Waals surface area contributed by atoms with Crippen LogP contribution in [0.25, 0.3) is 0 Å². The first-order valence-electron chi connectivity index (χ1n) is 4.41.